The predicted octanol–water partition coefficient (Wildman–Crippen LogP) is -0.391. The second-order valence-electron chi connectivity index (χ2n) is 5.03. The van der Waals surface area contributed by atoms with Gasteiger partial charge in [0, 0.05) is 13.1 Å². The summed E-state index contributed by atoms with van der Waals surface area (Å²) in [5.74, 6) is -1.61. The molecule has 0 saturated carbocycles. The number of guanidine groups is 1. The molecule has 0 bridgehead atoms. The molecule has 1 aromatic rings. The summed E-state index contributed by atoms with van der Waals surface area (Å²) in [4.78, 5) is 22.9. The van der Waals surface area contributed by atoms with E-state index < -0.39 is 12.0 Å². The smallest absolute Gasteiger partial charge is 0.326 e. The average Bonchev–Trinajstić information content (AvgIpc) is 2.51. The number of hydrogen-bond acceptors (Lipinski definition) is 4. The van der Waals surface area contributed by atoms with Gasteiger partial charge in [-0.3, -0.25) is 10.2 Å². The standard InChI is InChI=1S/C15H23N5O3/c16-15(17)19-8-4-7-12(14(22)23)20-13(21)10-18-9-11-5-2-1-3-6-11/h1-3,5-6,12,18H,4,7-10H2,(H,20,21)(H,22,23)(H4,16,17,19)/t12-/m0/s1. The minimum Gasteiger partial charge on any atom is -0.480 e. The Balaban J connectivity index is 2.27. The fourth-order valence-electron chi connectivity index (χ4n) is 1.95. The maximum Gasteiger partial charge on any atom is 0.326 e. The molecule has 0 aromatic heterocycles. The molecule has 1 amide bonds. The van der Waals surface area contributed by atoms with Gasteiger partial charge in [0.1, 0.15) is 6.04 Å². The van der Waals surface area contributed by atoms with E-state index in [4.69, 9.17) is 16.2 Å². The third-order valence-corrected chi connectivity index (χ3v) is 3.08. The Morgan fingerprint density at radius 1 is 1.26 bits per heavy atom. The number of carbonyl (C=O) groups is 2. The highest BCUT2D eigenvalue weighted by molar-refractivity contribution is 5.84. The molecule has 1 atom stereocenters. The van der Waals surface area contributed by atoms with Crippen LogP contribution in [-0.2, 0) is 16.1 Å². The second kappa shape index (κ2) is 10.2. The van der Waals surface area contributed by atoms with E-state index in [1.165, 1.54) is 0 Å². The number of nitrogens with one attached hydrogen (secondary N) is 4. The normalized spacial score (nSPS) is 11.5. The molecule has 7 N–H and O–H groups in total. The largest absolute Gasteiger partial charge is 0.480 e. The number of carboxylic acid groups (broad SMARTS) is 1. The third-order valence-electron chi connectivity index (χ3n) is 3.08. The molecule has 23 heavy (non-hydrogen) atoms. The van der Waals surface area contributed by atoms with Crippen LogP contribution in [0.4, 0.5) is 0 Å². The van der Waals surface area contributed by atoms with Gasteiger partial charge in [0.15, 0.2) is 5.96 Å². The molecule has 0 saturated heterocycles. The summed E-state index contributed by atoms with van der Waals surface area (Å²) in [5.41, 5.74) is 6.18. The number of carboxylic acids is 1. The van der Waals surface area contributed by atoms with Gasteiger partial charge in [0.05, 0.1) is 6.54 Å². The number of nitrogens with two attached hydrogens (primary N) is 1. The second-order valence-corrected chi connectivity index (χ2v) is 5.03. The van der Waals surface area contributed by atoms with Gasteiger partial charge in [-0.25, -0.2) is 4.79 Å². The first-order valence-electron chi connectivity index (χ1n) is 7.33. The Kier molecular flexibility index (Phi) is 8.16. The van der Waals surface area contributed by atoms with Gasteiger partial charge in [-0.05, 0) is 18.4 Å². The van der Waals surface area contributed by atoms with Crippen molar-refractivity contribution in [2.45, 2.75) is 25.4 Å². The molecule has 8 heteroatoms. The van der Waals surface area contributed by atoms with Crippen LogP contribution >= 0.6 is 0 Å². The lowest BCUT2D eigenvalue weighted by Crippen LogP contribution is -2.44. The molecular formula is C15H23N5O3. The molecular weight excluding hydrogens is 298 g/mol. The van der Waals surface area contributed by atoms with Crippen LogP contribution in [0.1, 0.15) is 18.4 Å². The highest BCUT2D eigenvalue weighted by Gasteiger charge is 2.19. The van der Waals surface area contributed by atoms with Gasteiger partial charge in [0.2, 0.25) is 5.91 Å². The van der Waals surface area contributed by atoms with Crippen molar-refractivity contribution >= 4 is 17.8 Å². The Morgan fingerprint density at radius 2 is 1.96 bits per heavy atom. The van der Waals surface area contributed by atoms with Crippen molar-refractivity contribution in [1.82, 2.24) is 16.0 Å². The first kappa shape index (κ1) is 18.4. The summed E-state index contributed by atoms with van der Waals surface area (Å²) in [7, 11) is 0. The monoisotopic (exact) mass is 321 g/mol. The van der Waals surface area contributed by atoms with Crippen molar-refractivity contribution in [3.63, 3.8) is 0 Å². The van der Waals surface area contributed by atoms with Crippen molar-refractivity contribution in [3.05, 3.63) is 35.9 Å². The fraction of sp³-hybridized carbons (Fsp3) is 0.400. The average molecular weight is 321 g/mol. The highest BCUT2D eigenvalue weighted by atomic mass is 16.4. The Bertz CT molecular complexity index is 521. The summed E-state index contributed by atoms with van der Waals surface area (Å²) in [6, 6.07) is 8.66. The maximum atomic E-state index is 11.8. The predicted molar refractivity (Wildman–Crippen MR) is 86.9 cm³/mol. The quantitative estimate of drug-likeness (QED) is 0.197. The van der Waals surface area contributed by atoms with E-state index in [1.807, 2.05) is 30.3 Å². The Labute approximate surface area is 135 Å². The van der Waals surface area contributed by atoms with Crippen LogP contribution in [0, 0.1) is 5.41 Å². The van der Waals surface area contributed by atoms with Crippen molar-refractivity contribution in [2.24, 2.45) is 5.73 Å². The number of benzene rings is 1. The molecule has 0 heterocycles. The zero-order chi connectivity index (χ0) is 17.1. The lowest BCUT2D eigenvalue weighted by molar-refractivity contribution is -0.141. The van der Waals surface area contributed by atoms with Crippen molar-refractivity contribution in [1.29, 1.82) is 5.41 Å². The van der Waals surface area contributed by atoms with E-state index in [0.29, 0.717) is 19.5 Å². The lowest BCUT2D eigenvalue weighted by Gasteiger charge is -2.15. The van der Waals surface area contributed by atoms with Crippen LogP contribution in [0.5, 0.6) is 0 Å². The molecule has 0 aliphatic carbocycles. The number of rotatable bonds is 10. The van der Waals surface area contributed by atoms with Crippen LogP contribution in [0.2, 0.25) is 0 Å². The summed E-state index contributed by atoms with van der Waals surface area (Å²) in [6.45, 7) is 0.972. The summed E-state index contributed by atoms with van der Waals surface area (Å²) < 4.78 is 0. The molecule has 8 nitrogen and oxygen atoms in total. The lowest BCUT2D eigenvalue weighted by atomic mass is 10.1. The zero-order valence-electron chi connectivity index (χ0n) is 12.8. The van der Waals surface area contributed by atoms with Crippen molar-refractivity contribution in [2.75, 3.05) is 13.1 Å². The van der Waals surface area contributed by atoms with E-state index in [0.717, 1.165) is 5.56 Å². The van der Waals surface area contributed by atoms with E-state index in [-0.39, 0.29) is 24.8 Å². The van der Waals surface area contributed by atoms with Crippen LogP contribution < -0.4 is 21.7 Å². The third kappa shape index (κ3) is 8.42. The van der Waals surface area contributed by atoms with Gasteiger partial charge in [-0.2, -0.15) is 0 Å². The SMILES string of the molecule is N=C(N)NCCC[C@H](NC(=O)CNCc1ccccc1)C(=O)O. The Hall–Kier alpha value is -2.61. The van der Waals surface area contributed by atoms with Gasteiger partial charge in [-0.15, -0.1) is 0 Å². The fourth-order valence-corrected chi connectivity index (χ4v) is 1.95. The van der Waals surface area contributed by atoms with Crippen LogP contribution in [0.15, 0.2) is 30.3 Å². The van der Waals surface area contributed by atoms with Gasteiger partial charge in [-0.1, -0.05) is 30.3 Å². The summed E-state index contributed by atoms with van der Waals surface area (Å²) >= 11 is 0. The topological polar surface area (TPSA) is 140 Å². The van der Waals surface area contributed by atoms with E-state index in [1.54, 1.807) is 0 Å². The number of aliphatic carboxylic acids is 1. The van der Waals surface area contributed by atoms with Crippen molar-refractivity contribution in [3.8, 4) is 0 Å². The minimum absolute atomic E-state index is 0.0460. The van der Waals surface area contributed by atoms with Crippen molar-refractivity contribution < 1.29 is 14.7 Å². The first-order chi connectivity index (χ1) is 11.0. The van der Waals surface area contributed by atoms with Crippen LogP contribution in [-0.4, -0.2) is 42.1 Å². The number of amides is 1. The molecule has 0 aliphatic rings. The first-order valence-corrected chi connectivity index (χ1v) is 7.33. The van der Waals surface area contributed by atoms with E-state index in [9.17, 15) is 9.59 Å². The molecule has 126 valence electrons. The molecule has 1 rings (SSSR count). The zero-order valence-corrected chi connectivity index (χ0v) is 12.8. The van der Waals surface area contributed by atoms with E-state index >= 15 is 0 Å². The molecule has 1 aromatic carbocycles. The maximum absolute atomic E-state index is 11.8. The Morgan fingerprint density at radius 3 is 2.57 bits per heavy atom. The number of hydrogen-bond donors (Lipinski definition) is 6. The summed E-state index contributed by atoms with van der Waals surface area (Å²) in [6.07, 6.45) is 0.744. The molecule has 0 radical (unpaired) electrons. The van der Waals surface area contributed by atoms with E-state index in [2.05, 4.69) is 16.0 Å². The van der Waals surface area contributed by atoms with Crippen LogP contribution in [0.3, 0.4) is 0 Å². The summed E-state index contributed by atoms with van der Waals surface area (Å²) in [5, 5.41) is 24.1. The highest BCUT2D eigenvalue weighted by Crippen LogP contribution is 1.98. The van der Waals surface area contributed by atoms with Gasteiger partial charge >= 0.3 is 5.97 Å². The number of carbonyl (C=O) groups excluding carboxylic acids is 1. The molecule has 0 spiro atoms. The van der Waals surface area contributed by atoms with Gasteiger partial charge in [0.25, 0.3) is 0 Å². The molecule has 0 fully saturated rings. The molecule has 0 unspecified atom stereocenters. The minimum atomic E-state index is -1.08. The molecule has 0 aliphatic heterocycles. The van der Waals surface area contributed by atoms with Gasteiger partial charge < -0.3 is 26.8 Å². The van der Waals surface area contributed by atoms with Crippen LogP contribution in [0.25, 0.3) is 0 Å².